The Morgan fingerprint density at radius 3 is 2.29 bits per heavy atom. The van der Waals surface area contributed by atoms with Gasteiger partial charge in [0, 0.05) is 11.5 Å². The second-order valence-corrected chi connectivity index (χ2v) is 6.78. The van der Waals surface area contributed by atoms with E-state index in [1.807, 2.05) is 0 Å². The molecule has 0 atom stereocenters. The zero-order valence-corrected chi connectivity index (χ0v) is 13.5. The molecule has 0 radical (unpaired) electrons. The lowest BCUT2D eigenvalue weighted by molar-refractivity contribution is 0.0964. The summed E-state index contributed by atoms with van der Waals surface area (Å²) in [5.41, 5.74) is 0.500. The van der Waals surface area contributed by atoms with Crippen LogP contribution in [0.15, 0.2) is 57.9 Å². The molecule has 0 aliphatic carbocycles. The van der Waals surface area contributed by atoms with Crippen molar-refractivity contribution in [3.05, 3.63) is 58.6 Å². The lowest BCUT2D eigenvalue weighted by Gasteiger charge is -2.11. The number of hydrogen-bond donors (Lipinski definition) is 2. The molecule has 21 heavy (non-hydrogen) atoms. The molecule has 2 aromatic rings. The Balaban J connectivity index is 2.37. The number of carbonyl (C=O) groups excluding carboxylic acids is 1. The molecule has 7 heteroatoms. The first-order chi connectivity index (χ1) is 9.94. The number of nitrogens with one attached hydrogen (secondary N) is 2. The van der Waals surface area contributed by atoms with Crippen LogP contribution in [-0.4, -0.2) is 21.4 Å². The highest BCUT2D eigenvalue weighted by atomic mass is 79.9. The molecular formula is C14H13BrN2O3S. The SMILES string of the molecule is CNC(=O)c1ccccc1NS(=O)(=O)c1ccc(Br)cc1. The normalized spacial score (nSPS) is 11.0. The van der Waals surface area contributed by atoms with Crippen LogP contribution in [-0.2, 0) is 10.0 Å². The number of sulfonamides is 1. The van der Waals surface area contributed by atoms with E-state index in [-0.39, 0.29) is 22.1 Å². The van der Waals surface area contributed by atoms with E-state index in [0.717, 1.165) is 4.47 Å². The Bertz CT molecular complexity index is 758. The van der Waals surface area contributed by atoms with Crippen molar-refractivity contribution in [3.63, 3.8) is 0 Å². The minimum Gasteiger partial charge on any atom is -0.355 e. The summed E-state index contributed by atoms with van der Waals surface area (Å²) < 4.78 is 27.9. The lowest BCUT2D eigenvalue weighted by Crippen LogP contribution is -2.21. The molecule has 110 valence electrons. The second kappa shape index (κ2) is 6.28. The predicted octanol–water partition coefficient (Wildman–Crippen LogP) is 2.61. The van der Waals surface area contributed by atoms with E-state index in [1.54, 1.807) is 36.4 Å². The fourth-order valence-electron chi connectivity index (χ4n) is 1.72. The molecule has 0 aromatic heterocycles. The first kappa shape index (κ1) is 15.5. The molecule has 0 saturated heterocycles. The molecule has 0 unspecified atom stereocenters. The minimum atomic E-state index is -3.75. The Hall–Kier alpha value is -1.86. The molecule has 0 spiro atoms. The van der Waals surface area contributed by atoms with Crippen LogP contribution < -0.4 is 10.0 Å². The molecule has 2 N–H and O–H groups in total. The highest BCUT2D eigenvalue weighted by molar-refractivity contribution is 9.10. The summed E-state index contributed by atoms with van der Waals surface area (Å²) in [5, 5.41) is 2.47. The molecule has 2 rings (SSSR count). The molecule has 2 aromatic carbocycles. The Kier molecular flexibility index (Phi) is 4.64. The van der Waals surface area contributed by atoms with E-state index >= 15 is 0 Å². The van der Waals surface area contributed by atoms with Gasteiger partial charge in [-0.05, 0) is 36.4 Å². The number of halogens is 1. The van der Waals surface area contributed by atoms with Gasteiger partial charge in [-0.25, -0.2) is 8.42 Å². The summed E-state index contributed by atoms with van der Waals surface area (Å²) in [6.45, 7) is 0. The largest absolute Gasteiger partial charge is 0.355 e. The van der Waals surface area contributed by atoms with E-state index in [2.05, 4.69) is 26.0 Å². The summed E-state index contributed by atoms with van der Waals surface area (Å²) in [6, 6.07) is 12.7. The van der Waals surface area contributed by atoms with Crippen LogP contribution in [0.3, 0.4) is 0 Å². The monoisotopic (exact) mass is 368 g/mol. The maximum atomic E-state index is 12.3. The highest BCUT2D eigenvalue weighted by Gasteiger charge is 2.17. The summed E-state index contributed by atoms with van der Waals surface area (Å²) in [6.07, 6.45) is 0. The van der Waals surface area contributed by atoms with Gasteiger partial charge in [0.1, 0.15) is 0 Å². The van der Waals surface area contributed by atoms with Gasteiger partial charge in [-0.15, -0.1) is 0 Å². The number of amides is 1. The molecule has 0 bridgehead atoms. The van der Waals surface area contributed by atoms with Crippen LogP contribution >= 0.6 is 15.9 Å². The number of anilines is 1. The van der Waals surface area contributed by atoms with Crippen molar-refractivity contribution in [3.8, 4) is 0 Å². The van der Waals surface area contributed by atoms with Crippen molar-refractivity contribution >= 4 is 37.5 Å². The van der Waals surface area contributed by atoms with Crippen molar-refractivity contribution in [1.29, 1.82) is 0 Å². The average molecular weight is 369 g/mol. The van der Waals surface area contributed by atoms with Gasteiger partial charge < -0.3 is 5.32 Å². The van der Waals surface area contributed by atoms with Gasteiger partial charge in [0.05, 0.1) is 16.1 Å². The summed E-state index contributed by atoms with van der Waals surface area (Å²) in [4.78, 5) is 11.9. The zero-order chi connectivity index (χ0) is 15.5. The van der Waals surface area contributed by atoms with Gasteiger partial charge in [-0.3, -0.25) is 9.52 Å². The molecule has 0 heterocycles. The minimum absolute atomic E-state index is 0.123. The third kappa shape index (κ3) is 3.62. The predicted molar refractivity (Wildman–Crippen MR) is 84.8 cm³/mol. The third-order valence-electron chi connectivity index (χ3n) is 2.77. The maximum absolute atomic E-state index is 12.3. The van der Waals surface area contributed by atoms with Gasteiger partial charge in [-0.1, -0.05) is 28.1 Å². The standard InChI is InChI=1S/C14H13BrN2O3S/c1-16-14(18)12-4-2-3-5-13(12)17-21(19,20)11-8-6-10(15)7-9-11/h2-9,17H,1H3,(H,16,18). The molecule has 0 fully saturated rings. The number of hydrogen-bond acceptors (Lipinski definition) is 3. The van der Waals surface area contributed by atoms with E-state index < -0.39 is 10.0 Å². The molecule has 0 aliphatic heterocycles. The smallest absolute Gasteiger partial charge is 0.261 e. The second-order valence-electron chi connectivity index (χ2n) is 4.18. The van der Waals surface area contributed by atoms with Crippen LogP contribution in [0, 0.1) is 0 Å². The first-order valence-electron chi connectivity index (χ1n) is 6.03. The Morgan fingerprint density at radius 2 is 1.67 bits per heavy atom. The Labute approximate surface area is 131 Å². The van der Waals surface area contributed by atoms with Crippen LogP contribution in [0.2, 0.25) is 0 Å². The van der Waals surface area contributed by atoms with Crippen molar-refractivity contribution in [2.75, 3.05) is 11.8 Å². The lowest BCUT2D eigenvalue weighted by atomic mass is 10.2. The molecule has 0 aliphatic rings. The summed E-state index contributed by atoms with van der Waals surface area (Å²) >= 11 is 3.25. The molecule has 1 amide bonds. The summed E-state index contributed by atoms with van der Waals surface area (Å²) in [7, 11) is -2.26. The quantitative estimate of drug-likeness (QED) is 0.870. The number of benzene rings is 2. The van der Waals surface area contributed by atoms with Crippen molar-refractivity contribution in [1.82, 2.24) is 5.32 Å². The number of carbonyl (C=O) groups is 1. The molecule has 5 nitrogen and oxygen atoms in total. The van der Waals surface area contributed by atoms with E-state index in [9.17, 15) is 13.2 Å². The van der Waals surface area contributed by atoms with Crippen LogP contribution in [0.5, 0.6) is 0 Å². The fraction of sp³-hybridized carbons (Fsp3) is 0.0714. The van der Waals surface area contributed by atoms with Crippen molar-refractivity contribution in [2.24, 2.45) is 0 Å². The Morgan fingerprint density at radius 1 is 1.05 bits per heavy atom. The van der Waals surface area contributed by atoms with Gasteiger partial charge in [0.15, 0.2) is 0 Å². The average Bonchev–Trinajstić information content (AvgIpc) is 2.47. The van der Waals surface area contributed by atoms with E-state index in [1.165, 1.54) is 19.2 Å². The van der Waals surface area contributed by atoms with Crippen LogP contribution in [0.25, 0.3) is 0 Å². The van der Waals surface area contributed by atoms with Gasteiger partial charge >= 0.3 is 0 Å². The third-order valence-corrected chi connectivity index (χ3v) is 4.68. The van der Waals surface area contributed by atoms with E-state index in [0.29, 0.717) is 0 Å². The molecular weight excluding hydrogens is 356 g/mol. The number of para-hydroxylation sites is 1. The summed E-state index contributed by atoms with van der Waals surface area (Å²) in [5.74, 6) is -0.357. The first-order valence-corrected chi connectivity index (χ1v) is 8.31. The van der Waals surface area contributed by atoms with Gasteiger partial charge in [-0.2, -0.15) is 0 Å². The van der Waals surface area contributed by atoms with Crippen molar-refractivity contribution < 1.29 is 13.2 Å². The fourth-order valence-corrected chi connectivity index (χ4v) is 3.07. The molecule has 0 saturated carbocycles. The maximum Gasteiger partial charge on any atom is 0.261 e. The van der Waals surface area contributed by atoms with Gasteiger partial charge in [0.2, 0.25) is 0 Å². The topological polar surface area (TPSA) is 75.3 Å². The van der Waals surface area contributed by atoms with Crippen molar-refractivity contribution in [2.45, 2.75) is 4.90 Å². The zero-order valence-electron chi connectivity index (χ0n) is 11.1. The van der Waals surface area contributed by atoms with Gasteiger partial charge in [0.25, 0.3) is 15.9 Å². The number of rotatable bonds is 4. The highest BCUT2D eigenvalue weighted by Crippen LogP contribution is 2.21. The van der Waals surface area contributed by atoms with Crippen LogP contribution in [0.1, 0.15) is 10.4 Å². The van der Waals surface area contributed by atoms with E-state index in [4.69, 9.17) is 0 Å². The van der Waals surface area contributed by atoms with Crippen LogP contribution in [0.4, 0.5) is 5.69 Å².